The summed E-state index contributed by atoms with van der Waals surface area (Å²) in [6.07, 6.45) is 0. The first-order valence-electron chi connectivity index (χ1n) is 5.75. The lowest BCUT2D eigenvalue weighted by molar-refractivity contribution is 0.102. The number of para-hydroxylation sites is 1. The van der Waals surface area contributed by atoms with Crippen LogP contribution >= 0.6 is 43.2 Å². The van der Waals surface area contributed by atoms with Crippen LogP contribution in [-0.4, -0.2) is 10.9 Å². The van der Waals surface area contributed by atoms with Crippen LogP contribution < -0.4 is 5.32 Å². The number of carbonyl (C=O) groups is 1. The van der Waals surface area contributed by atoms with Crippen molar-refractivity contribution in [3.8, 4) is 0 Å². The number of anilines is 1. The molecule has 0 bridgehead atoms. The van der Waals surface area contributed by atoms with Crippen LogP contribution in [0.3, 0.4) is 0 Å². The minimum Gasteiger partial charge on any atom is -0.298 e. The molecule has 100 valence electrons. The fourth-order valence-electron chi connectivity index (χ4n) is 1.76. The third kappa shape index (κ3) is 2.77. The number of amides is 1. The molecule has 0 aliphatic heterocycles. The molecule has 0 spiro atoms. The van der Waals surface area contributed by atoms with Crippen molar-refractivity contribution in [1.29, 1.82) is 0 Å². The van der Waals surface area contributed by atoms with Crippen molar-refractivity contribution in [3.05, 3.63) is 57.0 Å². The highest BCUT2D eigenvalue weighted by Gasteiger charge is 2.12. The SMILES string of the molecule is O=C(Nc1nc2ccccc2s1)c1ccc(Br)cc1Br. The number of fused-ring (bicyclic) bond motifs is 1. The Hall–Kier alpha value is -1.24. The largest absolute Gasteiger partial charge is 0.298 e. The summed E-state index contributed by atoms with van der Waals surface area (Å²) in [5.41, 5.74) is 1.47. The monoisotopic (exact) mass is 410 g/mol. The summed E-state index contributed by atoms with van der Waals surface area (Å²) in [6, 6.07) is 13.2. The van der Waals surface area contributed by atoms with E-state index in [1.807, 2.05) is 36.4 Å². The maximum absolute atomic E-state index is 12.2. The van der Waals surface area contributed by atoms with Crippen molar-refractivity contribution in [2.24, 2.45) is 0 Å². The average Bonchev–Trinajstić information content (AvgIpc) is 2.80. The summed E-state index contributed by atoms with van der Waals surface area (Å²) in [7, 11) is 0. The number of nitrogens with one attached hydrogen (secondary N) is 1. The van der Waals surface area contributed by atoms with E-state index in [2.05, 4.69) is 42.2 Å². The summed E-state index contributed by atoms with van der Waals surface area (Å²) in [5, 5.41) is 3.43. The summed E-state index contributed by atoms with van der Waals surface area (Å²) in [5.74, 6) is -0.177. The van der Waals surface area contributed by atoms with Crippen LogP contribution in [-0.2, 0) is 0 Å². The fourth-order valence-corrected chi connectivity index (χ4v) is 3.85. The summed E-state index contributed by atoms with van der Waals surface area (Å²) < 4.78 is 2.71. The Balaban J connectivity index is 1.88. The Morgan fingerprint density at radius 1 is 1.15 bits per heavy atom. The molecule has 1 N–H and O–H groups in total. The van der Waals surface area contributed by atoms with Crippen molar-refractivity contribution >= 4 is 64.5 Å². The van der Waals surface area contributed by atoms with E-state index in [1.54, 1.807) is 6.07 Å². The first-order chi connectivity index (χ1) is 9.63. The molecule has 2 aromatic carbocycles. The Labute approximate surface area is 136 Å². The Bertz CT molecular complexity index is 768. The highest BCUT2D eigenvalue weighted by atomic mass is 79.9. The quantitative estimate of drug-likeness (QED) is 0.639. The number of thiazole rings is 1. The van der Waals surface area contributed by atoms with E-state index in [0.717, 1.165) is 19.2 Å². The van der Waals surface area contributed by atoms with E-state index in [4.69, 9.17) is 0 Å². The van der Waals surface area contributed by atoms with Gasteiger partial charge in [-0.1, -0.05) is 39.4 Å². The zero-order valence-electron chi connectivity index (χ0n) is 10.1. The summed E-state index contributed by atoms with van der Waals surface area (Å²) in [4.78, 5) is 16.6. The van der Waals surface area contributed by atoms with Gasteiger partial charge in [-0.2, -0.15) is 0 Å². The molecule has 3 aromatic rings. The van der Waals surface area contributed by atoms with E-state index in [9.17, 15) is 4.79 Å². The molecule has 6 heteroatoms. The number of benzene rings is 2. The molecule has 1 aromatic heterocycles. The Morgan fingerprint density at radius 2 is 1.95 bits per heavy atom. The van der Waals surface area contributed by atoms with Crippen LogP contribution in [0.15, 0.2) is 51.4 Å². The number of hydrogen-bond acceptors (Lipinski definition) is 3. The second-order valence-electron chi connectivity index (χ2n) is 4.07. The summed E-state index contributed by atoms with van der Waals surface area (Å²) in [6.45, 7) is 0. The molecule has 0 aliphatic carbocycles. The van der Waals surface area contributed by atoms with Gasteiger partial charge in [0.2, 0.25) is 0 Å². The van der Waals surface area contributed by atoms with Gasteiger partial charge < -0.3 is 0 Å². The van der Waals surface area contributed by atoms with Gasteiger partial charge >= 0.3 is 0 Å². The third-order valence-electron chi connectivity index (χ3n) is 2.69. The zero-order chi connectivity index (χ0) is 14.1. The highest BCUT2D eigenvalue weighted by Crippen LogP contribution is 2.27. The van der Waals surface area contributed by atoms with Gasteiger partial charge in [0.25, 0.3) is 5.91 Å². The number of carbonyl (C=O) groups excluding carboxylic acids is 1. The molecule has 1 amide bonds. The number of halogens is 2. The van der Waals surface area contributed by atoms with Crippen molar-refractivity contribution in [3.63, 3.8) is 0 Å². The second-order valence-corrected chi connectivity index (χ2v) is 6.87. The molecule has 3 nitrogen and oxygen atoms in total. The van der Waals surface area contributed by atoms with Crippen LogP contribution in [0.2, 0.25) is 0 Å². The van der Waals surface area contributed by atoms with Gasteiger partial charge in [0, 0.05) is 8.95 Å². The van der Waals surface area contributed by atoms with Crippen LogP contribution in [0.1, 0.15) is 10.4 Å². The molecule has 0 unspecified atom stereocenters. The number of nitrogens with zero attached hydrogens (tertiary/aromatic N) is 1. The second kappa shape index (κ2) is 5.63. The zero-order valence-corrected chi connectivity index (χ0v) is 14.0. The van der Waals surface area contributed by atoms with E-state index in [-0.39, 0.29) is 5.91 Å². The molecule has 0 radical (unpaired) electrons. The lowest BCUT2D eigenvalue weighted by atomic mass is 10.2. The van der Waals surface area contributed by atoms with Gasteiger partial charge in [-0.3, -0.25) is 10.1 Å². The van der Waals surface area contributed by atoms with Crippen LogP contribution in [0.25, 0.3) is 10.2 Å². The molecular formula is C14H8Br2N2OS. The van der Waals surface area contributed by atoms with E-state index in [1.165, 1.54) is 11.3 Å². The van der Waals surface area contributed by atoms with Gasteiger partial charge in [0.15, 0.2) is 5.13 Å². The van der Waals surface area contributed by atoms with Gasteiger partial charge in [-0.05, 0) is 46.3 Å². The maximum Gasteiger partial charge on any atom is 0.258 e. The normalized spacial score (nSPS) is 10.7. The lowest BCUT2D eigenvalue weighted by Crippen LogP contribution is -2.12. The van der Waals surface area contributed by atoms with Crippen LogP contribution in [0.4, 0.5) is 5.13 Å². The van der Waals surface area contributed by atoms with E-state index < -0.39 is 0 Å². The van der Waals surface area contributed by atoms with Crippen molar-refractivity contribution < 1.29 is 4.79 Å². The van der Waals surface area contributed by atoms with Crippen molar-refractivity contribution in [1.82, 2.24) is 4.98 Å². The summed E-state index contributed by atoms with van der Waals surface area (Å²) >= 11 is 8.21. The lowest BCUT2D eigenvalue weighted by Gasteiger charge is -2.04. The first kappa shape index (κ1) is 13.7. The molecule has 1 heterocycles. The predicted molar refractivity (Wildman–Crippen MR) is 89.4 cm³/mol. The molecule has 20 heavy (non-hydrogen) atoms. The number of hydrogen-bond donors (Lipinski definition) is 1. The van der Waals surface area contributed by atoms with Crippen LogP contribution in [0.5, 0.6) is 0 Å². The molecule has 3 rings (SSSR count). The van der Waals surface area contributed by atoms with Gasteiger partial charge in [0.1, 0.15) is 0 Å². The molecule has 0 saturated carbocycles. The van der Waals surface area contributed by atoms with Crippen molar-refractivity contribution in [2.45, 2.75) is 0 Å². The molecule has 0 atom stereocenters. The smallest absolute Gasteiger partial charge is 0.258 e. The Kier molecular flexibility index (Phi) is 3.87. The number of aromatic nitrogens is 1. The van der Waals surface area contributed by atoms with E-state index >= 15 is 0 Å². The standard InChI is InChI=1S/C14H8Br2N2OS/c15-8-5-6-9(10(16)7-8)13(19)18-14-17-11-3-1-2-4-12(11)20-14/h1-7H,(H,17,18,19). The van der Waals surface area contributed by atoms with Gasteiger partial charge in [-0.15, -0.1) is 0 Å². The van der Waals surface area contributed by atoms with Crippen molar-refractivity contribution in [2.75, 3.05) is 5.32 Å². The highest BCUT2D eigenvalue weighted by molar-refractivity contribution is 9.11. The molecule has 0 aliphatic rings. The third-order valence-corrected chi connectivity index (χ3v) is 4.79. The topological polar surface area (TPSA) is 42.0 Å². The van der Waals surface area contributed by atoms with Gasteiger partial charge in [-0.25, -0.2) is 4.98 Å². The fraction of sp³-hybridized carbons (Fsp3) is 0. The number of rotatable bonds is 2. The molecule has 0 fully saturated rings. The molecule has 0 saturated heterocycles. The van der Waals surface area contributed by atoms with E-state index in [0.29, 0.717) is 10.7 Å². The minimum absolute atomic E-state index is 0.177. The molecular weight excluding hydrogens is 404 g/mol. The maximum atomic E-state index is 12.2. The van der Waals surface area contributed by atoms with Gasteiger partial charge in [0.05, 0.1) is 15.8 Å². The Morgan fingerprint density at radius 3 is 2.70 bits per heavy atom. The minimum atomic E-state index is -0.177. The first-order valence-corrected chi connectivity index (χ1v) is 8.16. The predicted octanol–water partition coefficient (Wildman–Crippen LogP) is 5.07. The van der Waals surface area contributed by atoms with Crippen LogP contribution in [0, 0.1) is 0 Å². The average molecular weight is 412 g/mol.